The third kappa shape index (κ3) is 2.50. The molecule has 1 aromatic carbocycles. The highest BCUT2D eigenvalue weighted by Gasteiger charge is 2.25. The number of benzene rings is 1. The standard InChI is InChI=1S/C14H17N3O4S/c1-9-14(10(2)21-15-9)22(18,19)16-11-4-5-13-12(8-11)17(3)6-7-20-13/h4-5,8,16H,6-7H2,1-3H3. The summed E-state index contributed by atoms with van der Waals surface area (Å²) in [5.74, 6) is 1.01. The lowest BCUT2D eigenvalue weighted by atomic mass is 10.2. The zero-order valence-electron chi connectivity index (χ0n) is 12.6. The van der Waals surface area contributed by atoms with Crippen LogP contribution in [0.1, 0.15) is 11.5 Å². The summed E-state index contributed by atoms with van der Waals surface area (Å²) >= 11 is 0. The Morgan fingerprint density at radius 1 is 1.32 bits per heavy atom. The van der Waals surface area contributed by atoms with Crippen LogP contribution in [0.3, 0.4) is 0 Å². The first-order valence-corrected chi connectivity index (χ1v) is 8.30. The molecule has 22 heavy (non-hydrogen) atoms. The Morgan fingerprint density at radius 3 is 2.77 bits per heavy atom. The average molecular weight is 323 g/mol. The molecule has 0 atom stereocenters. The van der Waals surface area contributed by atoms with Gasteiger partial charge < -0.3 is 14.2 Å². The first kappa shape index (κ1) is 14.7. The van der Waals surface area contributed by atoms with E-state index in [4.69, 9.17) is 9.26 Å². The molecule has 1 aliphatic heterocycles. The Balaban J connectivity index is 1.95. The van der Waals surface area contributed by atoms with Gasteiger partial charge in [-0.25, -0.2) is 8.42 Å². The number of ether oxygens (including phenoxy) is 1. The van der Waals surface area contributed by atoms with E-state index >= 15 is 0 Å². The van der Waals surface area contributed by atoms with Crippen molar-refractivity contribution in [1.29, 1.82) is 0 Å². The molecule has 0 spiro atoms. The number of sulfonamides is 1. The van der Waals surface area contributed by atoms with Gasteiger partial charge in [0.05, 0.1) is 17.9 Å². The van der Waals surface area contributed by atoms with Gasteiger partial charge in [0.2, 0.25) is 0 Å². The van der Waals surface area contributed by atoms with Crippen molar-refractivity contribution in [1.82, 2.24) is 5.16 Å². The molecule has 0 saturated carbocycles. The van der Waals surface area contributed by atoms with Crippen LogP contribution in [0.5, 0.6) is 5.75 Å². The van der Waals surface area contributed by atoms with E-state index in [1.165, 1.54) is 0 Å². The number of anilines is 2. The van der Waals surface area contributed by atoms with Crippen molar-refractivity contribution in [2.24, 2.45) is 0 Å². The Bertz CT molecular complexity index is 794. The topological polar surface area (TPSA) is 84.7 Å². The van der Waals surface area contributed by atoms with Crippen LogP contribution in [-0.4, -0.2) is 33.8 Å². The zero-order valence-corrected chi connectivity index (χ0v) is 13.4. The molecule has 2 heterocycles. The molecular weight excluding hydrogens is 306 g/mol. The first-order valence-electron chi connectivity index (χ1n) is 6.82. The van der Waals surface area contributed by atoms with Crippen LogP contribution in [0.25, 0.3) is 0 Å². The third-order valence-electron chi connectivity index (χ3n) is 3.54. The molecule has 0 unspecified atom stereocenters. The summed E-state index contributed by atoms with van der Waals surface area (Å²) < 4.78 is 38.0. The first-order chi connectivity index (χ1) is 10.4. The molecule has 118 valence electrons. The van der Waals surface area contributed by atoms with E-state index in [1.807, 2.05) is 11.9 Å². The number of hydrogen-bond donors (Lipinski definition) is 1. The summed E-state index contributed by atoms with van der Waals surface area (Å²) in [7, 11) is -1.80. The molecule has 0 saturated heterocycles. The van der Waals surface area contributed by atoms with Gasteiger partial charge in [-0.1, -0.05) is 5.16 Å². The van der Waals surface area contributed by atoms with E-state index in [2.05, 4.69) is 9.88 Å². The normalized spacial score (nSPS) is 14.4. The third-order valence-corrected chi connectivity index (χ3v) is 5.17. The van der Waals surface area contributed by atoms with E-state index in [-0.39, 0.29) is 10.7 Å². The minimum absolute atomic E-state index is 0.0785. The monoisotopic (exact) mass is 323 g/mol. The van der Waals surface area contributed by atoms with Crippen LogP contribution in [-0.2, 0) is 10.0 Å². The van der Waals surface area contributed by atoms with Crippen molar-refractivity contribution in [3.05, 3.63) is 29.7 Å². The van der Waals surface area contributed by atoms with Crippen LogP contribution in [0.4, 0.5) is 11.4 Å². The van der Waals surface area contributed by atoms with E-state index in [1.54, 1.807) is 32.0 Å². The highest BCUT2D eigenvalue weighted by Crippen LogP contribution is 2.34. The van der Waals surface area contributed by atoms with Crippen LogP contribution >= 0.6 is 0 Å². The Kier molecular flexibility index (Phi) is 3.48. The number of fused-ring (bicyclic) bond motifs is 1. The van der Waals surface area contributed by atoms with Gasteiger partial charge in [0.1, 0.15) is 18.1 Å². The van der Waals surface area contributed by atoms with E-state index < -0.39 is 10.0 Å². The SMILES string of the molecule is Cc1noc(C)c1S(=O)(=O)Nc1ccc2c(c1)N(C)CCO2. The lowest BCUT2D eigenvalue weighted by Crippen LogP contribution is -2.28. The van der Waals surface area contributed by atoms with Crippen LogP contribution in [0.15, 0.2) is 27.6 Å². The van der Waals surface area contributed by atoms with Crippen LogP contribution in [0.2, 0.25) is 0 Å². The summed E-state index contributed by atoms with van der Waals surface area (Å²) in [4.78, 5) is 2.10. The quantitative estimate of drug-likeness (QED) is 0.929. The number of aryl methyl sites for hydroxylation is 2. The molecule has 7 nitrogen and oxygen atoms in total. The van der Waals surface area contributed by atoms with Gasteiger partial charge in [0, 0.05) is 7.05 Å². The molecule has 3 rings (SSSR count). The van der Waals surface area contributed by atoms with Gasteiger partial charge >= 0.3 is 0 Å². The van der Waals surface area contributed by atoms with Gasteiger partial charge in [-0.15, -0.1) is 0 Å². The maximum Gasteiger partial charge on any atom is 0.267 e. The minimum Gasteiger partial charge on any atom is -0.490 e. The summed E-state index contributed by atoms with van der Waals surface area (Å²) in [6.07, 6.45) is 0. The summed E-state index contributed by atoms with van der Waals surface area (Å²) in [5.41, 5.74) is 1.66. The van der Waals surface area contributed by atoms with Gasteiger partial charge in [0.15, 0.2) is 10.7 Å². The van der Waals surface area contributed by atoms with Crippen LogP contribution < -0.4 is 14.4 Å². The second kappa shape index (κ2) is 5.20. The highest BCUT2D eigenvalue weighted by atomic mass is 32.2. The van der Waals surface area contributed by atoms with Crippen molar-refractivity contribution < 1.29 is 17.7 Å². The Morgan fingerprint density at radius 2 is 2.09 bits per heavy atom. The molecule has 0 bridgehead atoms. The van der Waals surface area contributed by atoms with Gasteiger partial charge in [-0.3, -0.25) is 4.72 Å². The van der Waals surface area contributed by atoms with Gasteiger partial charge in [-0.05, 0) is 32.0 Å². The molecule has 1 N–H and O–H groups in total. The number of nitrogens with zero attached hydrogens (tertiary/aromatic N) is 2. The molecule has 0 radical (unpaired) electrons. The van der Waals surface area contributed by atoms with Crippen molar-refractivity contribution in [2.75, 3.05) is 29.8 Å². The molecule has 8 heteroatoms. The van der Waals surface area contributed by atoms with Gasteiger partial charge in [0.25, 0.3) is 10.0 Å². The smallest absolute Gasteiger partial charge is 0.267 e. The Labute approximate surface area is 128 Å². The van der Waals surface area contributed by atoms with Crippen LogP contribution in [0, 0.1) is 13.8 Å². The number of hydrogen-bond acceptors (Lipinski definition) is 6. The Hall–Kier alpha value is -2.22. The molecular formula is C14H17N3O4S. The van der Waals surface area contributed by atoms with E-state index in [9.17, 15) is 8.42 Å². The highest BCUT2D eigenvalue weighted by molar-refractivity contribution is 7.92. The van der Waals surface area contributed by atoms with Crippen molar-refractivity contribution in [2.45, 2.75) is 18.7 Å². The summed E-state index contributed by atoms with van der Waals surface area (Å²) in [5, 5.41) is 3.68. The molecule has 0 aliphatic carbocycles. The lowest BCUT2D eigenvalue weighted by Gasteiger charge is -2.28. The maximum atomic E-state index is 12.5. The largest absolute Gasteiger partial charge is 0.490 e. The van der Waals surface area contributed by atoms with Crippen molar-refractivity contribution in [3.8, 4) is 5.75 Å². The predicted octanol–water partition coefficient (Wildman–Crippen LogP) is 1.92. The second-order valence-corrected chi connectivity index (χ2v) is 6.83. The number of nitrogens with one attached hydrogen (secondary N) is 1. The number of aromatic nitrogens is 1. The molecule has 1 aliphatic rings. The lowest BCUT2D eigenvalue weighted by molar-refractivity contribution is 0.311. The maximum absolute atomic E-state index is 12.5. The predicted molar refractivity (Wildman–Crippen MR) is 82.0 cm³/mol. The zero-order chi connectivity index (χ0) is 15.9. The number of rotatable bonds is 3. The molecule has 2 aromatic rings. The van der Waals surface area contributed by atoms with E-state index in [0.29, 0.717) is 18.0 Å². The average Bonchev–Trinajstić information content (AvgIpc) is 2.79. The van der Waals surface area contributed by atoms with Crippen molar-refractivity contribution >= 4 is 21.4 Å². The fourth-order valence-corrected chi connectivity index (χ4v) is 3.86. The second-order valence-electron chi connectivity index (χ2n) is 5.21. The molecule has 0 fully saturated rings. The minimum atomic E-state index is -3.74. The van der Waals surface area contributed by atoms with Gasteiger partial charge in [-0.2, -0.15) is 0 Å². The van der Waals surface area contributed by atoms with E-state index in [0.717, 1.165) is 18.0 Å². The summed E-state index contributed by atoms with van der Waals surface area (Å²) in [6.45, 7) is 4.54. The number of likely N-dealkylation sites (N-methyl/N-ethyl adjacent to an activating group) is 1. The fourth-order valence-electron chi connectivity index (χ4n) is 2.48. The van der Waals surface area contributed by atoms with Crippen molar-refractivity contribution in [3.63, 3.8) is 0 Å². The molecule has 1 aromatic heterocycles. The fraction of sp³-hybridized carbons (Fsp3) is 0.357. The molecule has 0 amide bonds. The summed E-state index contributed by atoms with van der Waals surface area (Å²) in [6, 6.07) is 5.19.